The molecule has 0 saturated heterocycles. The van der Waals surface area contributed by atoms with Crippen molar-refractivity contribution in [2.75, 3.05) is 11.9 Å². The van der Waals surface area contributed by atoms with Crippen molar-refractivity contribution in [2.24, 2.45) is 0 Å². The molecule has 9 heteroatoms. The molecule has 4 aromatic heterocycles. The number of pyridine rings is 2. The van der Waals surface area contributed by atoms with E-state index in [1.54, 1.807) is 18.6 Å². The predicted molar refractivity (Wildman–Crippen MR) is 109 cm³/mol. The Morgan fingerprint density at radius 3 is 2.64 bits per heavy atom. The number of amides is 2. The quantitative estimate of drug-likeness (QED) is 0.550. The molecule has 0 saturated carbocycles. The largest absolute Gasteiger partial charge is 0.338 e. The molecule has 0 aliphatic heterocycles. The Hall–Kier alpha value is -3.46. The molecule has 140 valence electrons. The average Bonchev–Trinajstić information content (AvgIpc) is 3.10. The summed E-state index contributed by atoms with van der Waals surface area (Å²) in [6.45, 7) is 4.23. The van der Waals surface area contributed by atoms with Crippen LogP contribution in [0.25, 0.3) is 32.9 Å². The molecule has 0 atom stereocenters. The molecule has 0 aliphatic carbocycles. The van der Waals surface area contributed by atoms with E-state index in [9.17, 15) is 4.79 Å². The van der Waals surface area contributed by atoms with Crippen molar-refractivity contribution in [1.82, 2.24) is 30.2 Å². The molecule has 0 spiro atoms. The van der Waals surface area contributed by atoms with E-state index in [0.29, 0.717) is 28.9 Å². The summed E-state index contributed by atoms with van der Waals surface area (Å²) in [5.41, 5.74) is 3.65. The van der Waals surface area contributed by atoms with Crippen LogP contribution in [-0.2, 0) is 0 Å². The zero-order valence-corrected chi connectivity index (χ0v) is 16.1. The third kappa shape index (κ3) is 3.65. The Labute approximate surface area is 165 Å². The Balaban J connectivity index is 1.86. The summed E-state index contributed by atoms with van der Waals surface area (Å²) in [5.74, 6) is 0.692. The van der Waals surface area contributed by atoms with Gasteiger partial charge in [-0.05, 0) is 32.0 Å². The molecule has 0 bridgehead atoms. The summed E-state index contributed by atoms with van der Waals surface area (Å²) in [6.07, 6.45) is 5.19. The number of carbonyl (C=O) groups excluding carboxylic acids is 1. The van der Waals surface area contributed by atoms with Gasteiger partial charge in [0.25, 0.3) is 0 Å². The van der Waals surface area contributed by atoms with E-state index in [-0.39, 0.29) is 6.03 Å². The molecule has 4 aromatic rings. The van der Waals surface area contributed by atoms with E-state index in [4.69, 9.17) is 4.98 Å². The van der Waals surface area contributed by atoms with Crippen LogP contribution in [0.5, 0.6) is 0 Å². The molecular weight excluding hydrogens is 374 g/mol. The van der Waals surface area contributed by atoms with Crippen LogP contribution in [0, 0.1) is 6.92 Å². The number of nitrogens with one attached hydrogen (secondary N) is 2. The van der Waals surface area contributed by atoms with Crippen LogP contribution in [0.3, 0.4) is 0 Å². The first-order chi connectivity index (χ1) is 13.6. The summed E-state index contributed by atoms with van der Waals surface area (Å²) in [7, 11) is 0. The van der Waals surface area contributed by atoms with Crippen molar-refractivity contribution in [3.63, 3.8) is 0 Å². The summed E-state index contributed by atoms with van der Waals surface area (Å²) < 4.78 is 0.849. The highest BCUT2D eigenvalue weighted by Gasteiger charge is 2.16. The van der Waals surface area contributed by atoms with Crippen LogP contribution in [-0.4, -0.2) is 37.5 Å². The molecule has 2 N–H and O–H groups in total. The number of thiazole rings is 1. The first-order valence-corrected chi connectivity index (χ1v) is 9.52. The number of hydrogen-bond donors (Lipinski definition) is 2. The molecule has 8 nitrogen and oxygen atoms in total. The van der Waals surface area contributed by atoms with Gasteiger partial charge in [0.2, 0.25) is 0 Å². The number of aryl methyl sites for hydroxylation is 1. The molecule has 28 heavy (non-hydrogen) atoms. The minimum atomic E-state index is -0.291. The summed E-state index contributed by atoms with van der Waals surface area (Å²) in [4.78, 5) is 34.2. The van der Waals surface area contributed by atoms with Gasteiger partial charge in [0.05, 0.1) is 21.6 Å². The molecule has 0 fully saturated rings. The van der Waals surface area contributed by atoms with Gasteiger partial charge >= 0.3 is 6.03 Å². The summed E-state index contributed by atoms with van der Waals surface area (Å²) in [6, 6.07) is 7.24. The second-order valence-corrected chi connectivity index (χ2v) is 6.94. The smallest absolute Gasteiger partial charge is 0.321 e. The minimum Gasteiger partial charge on any atom is -0.338 e. The van der Waals surface area contributed by atoms with E-state index in [1.165, 1.54) is 11.3 Å². The van der Waals surface area contributed by atoms with E-state index in [0.717, 1.165) is 21.5 Å². The number of fused-ring (bicyclic) bond motifs is 1. The second-order valence-electron chi connectivity index (χ2n) is 5.94. The lowest BCUT2D eigenvalue weighted by molar-refractivity contribution is 0.252. The Morgan fingerprint density at radius 1 is 1.11 bits per heavy atom. The number of rotatable bonds is 4. The minimum absolute atomic E-state index is 0.291. The second kappa shape index (κ2) is 7.65. The van der Waals surface area contributed by atoms with Crippen molar-refractivity contribution in [1.29, 1.82) is 0 Å². The third-order valence-electron chi connectivity index (χ3n) is 3.92. The van der Waals surface area contributed by atoms with Gasteiger partial charge in [0, 0.05) is 30.7 Å². The van der Waals surface area contributed by atoms with Crippen LogP contribution >= 0.6 is 11.3 Å². The fraction of sp³-hybridized carbons (Fsp3) is 0.158. The number of hydrogen-bond acceptors (Lipinski definition) is 7. The number of aromatic nitrogens is 5. The Kier molecular flexibility index (Phi) is 4.90. The molecule has 0 radical (unpaired) electrons. The maximum absolute atomic E-state index is 11.9. The van der Waals surface area contributed by atoms with Gasteiger partial charge in [-0.1, -0.05) is 17.4 Å². The van der Waals surface area contributed by atoms with E-state index >= 15 is 0 Å². The highest BCUT2D eigenvalue weighted by Crippen LogP contribution is 2.35. The molecule has 0 unspecified atom stereocenters. The lowest BCUT2D eigenvalue weighted by Crippen LogP contribution is -2.28. The number of carbonyl (C=O) groups is 1. The van der Waals surface area contributed by atoms with Gasteiger partial charge in [-0.2, -0.15) is 0 Å². The molecule has 2 amide bonds. The number of nitrogens with zero attached hydrogens (tertiary/aromatic N) is 5. The average molecular weight is 391 g/mol. The van der Waals surface area contributed by atoms with Crippen molar-refractivity contribution in [2.45, 2.75) is 13.8 Å². The lowest BCUT2D eigenvalue weighted by atomic mass is 10.1. The van der Waals surface area contributed by atoms with Gasteiger partial charge < -0.3 is 5.32 Å². The first kappa shape index (κ1) is 17.9. The topological polar surface area (TPSA) is 106 Å². The fourth-order valence-electron chi connectivity index (χ4n) is 2.64. The molecule has 0 aromatic carbocycles. The van der Waals surface area contributed by atoms with E-state index in [1.807, 2.05) is 38.1 Å². The molecular formula is C19H17N7OS. The zero-order valence-electron chi connectivity index (χ0n) is 15.3. The highest BCUT2D eigenvalue weighted by atomic mass is 32.1. The van der Waals surface area contributed by atoms with Crippen molar-refractivity contribution in [3.05, 3.63) is 48.7 Å². The molecule has 4 rings (SSSR count). The van der Waals surface area contributed by atoms with Crippen LogP contribution in [0.2, 0.25) is 0 Å². The maximum atomic E-state index is 11.9. The molecule has 4 heterocycles. The number of anilines is 1. The lowest BCUT2D eigenvalue weighted by Gasteiger charge is -2.05. The van der Waals surface area contributed by atoms with E-state index < -0.39 is 0 Å². The van der Waals surface area contributed by atoms with Crippen LogP contribution in [0.15, 0.2) is 42.9 Å². The fourth-order valence-corrected chi connectivity index (χ4v) is 3.57. The normalized spacial score (nSPS) is 10.8. The predicted octanol–water partition coefficient (Wildman–Crippen LogP) is 3.66. The first-order valence-electron chi connectivity index (χ1n) is 8.71. The number of urea groups is 1. The summed E-state index contributed by atoms with van der Waals surface area (Å²) in [5, 5.41) is 5.96. The summed E-state index contributed by atoms with van der Waals surface area (Å²) >= 11 is 1.36. The standard InChI is InChI=1S/C19H17N7OS/c1-3-20-18(27)26-19-25-15-8-14(12-9-22-11(2)23-10-12)24-16(17(15)28-19)13-6-4-5-7-21-13/h4-10H,3H2,1-2H3,(H2,20,25,26,27). The Bertz CT molecular complexity index is 1130. The monoisotopic (exact) mass is 391 g/mol. The van der Waals surface area contributed by atoms with Gasteiger partial charge in [0.1, 0.15) is 11.5 Å². The maximum Gasteiger partial charge on any atom is 0.321 e. The van der Waals surface area contributed by atoms with Crippen LogP contribution < -0.4 is 10.6 Å². The van der Waals surface area contributed by atoms with Crippen molar-refractivity contribution >= 4 is 32.7 Å². The van der Waals surface area contributed by atoms with Gasteiger partial charge in [-0.15, -0.1) is 0 Å². The van der Waals surface area contributed by atoms with Gasteiger partial charge in [-0.25, -0.2) is 24.7 Å². The van der Waals surface area contributed by atoms with Crippen LogP contribution in [0.1, 0.15) is 12.7 Å². The van der Waals surface area contributed by atoms with Gasteiger partial charge in [0.15, 0.2) is 5.13 Å². The van der Waals surface area contributed by atoms with E-state index in [2.05, 4.69) is 30.6 Å². The van der Waals surface area contributed by atoms with Gasteiger partial charge in [-0.3, -0.25) is 10.3 Å². The third-order valence-corrected chi connectivity index (χ3v) is 4.91. The van der Waals surface area contributed by atoms with Crippen LogP contribution in [0.4, 0.5) is 9.93 Å². The highest BCUT2D eigenvalue weighted by molar-refractivity contribution is 7.22. The SMILES string of the molecule is CCNC(=O)Nc1nc2cc(-c3cnc(C)nc3)nc(-c3ccccn3)c2s1. The zero-order chi connectivity index (χ0) is 19.5. The molecule has 0 aliphatic rings. The Morgan fingerprint density at radius 2 is 1.93 bits per heavy atom. The van der Waals surface area contributed by atoms with Crippen molar-refractivity contribution < 1.29 is 4.79 Å². The van der Waals surface area contributed by atoms with Crippen molar-refractivity contribution in [3.8, 4) is 22.6 Å².